The third kappa shape index (κ3) is 6.92. The Bertz CT molecular complexity index is 1620. The monoisotopic (exact) mass is 554 g/mol. The molecule has 2 aromatic carbocycles. The van der Waals surface area contributed by atoms with Crippen molar-refractivity contribution >= 4 is 45.8 Å². The molecular weight excluding hydrogens is 524 g/mol. The zero-order chi connectivity index (χ0) is 29.3. The molecule has 208 valence electrons. The summed E-state index contributed by atoms with van der Waals surface area (Å²) in [5, 5.41) is 24.9. The number of aliphatic imine (C=N–C) groups is 2. The van der Waals surface area contributed by atoms with Crippen LogP contribution in [0.2, 0.25) is 0 Å². The van der Waals surface area contributed by atoms with E-state index in [0.29, 0.717) is 34.5 Å². The number of hydrogen-bond donors (Lipinski definition) is 2. The van der Waals surface area contributed by atoms with Gasteiger partial charge in [-0.3, -0.25) is 0 Å². The number of nitrogens with one attached hydrogen (secondary N) is 2. The molecule has 10 heteroatoms. The Hall–Kier alpha value is -5.64. The van der Waals surface area contributed by atoms with Crippen LogP contribution in [0.3, 0.4) is 0 Å². The van der Waals surface area contributed by atoms with Crippen LogP contribution in [0, 0.1) is 0 Å². The van der Waals surface area contributed by atoms with E-state index >= 15 is 0 Å². The molecule has 42 heavy (non-hydrogen) atoms. The van der Waals surface area contributed by atoms with Gasteiger partial charge >= 0.3 is 0 Å². The van der Waals surface area contributed by atoms with Gasteiger partial charge in [0, 0.05) is 23.8 Å². The highest BCUT2D eigenvalue weighted by Gasteiger charge is 2.15. The zero-order valence-electron chi connectivity index (χ0n) is 23.8. The van der Waals surface area contributed by atoms with E-state index in [9.17, 15) is 0 Å². The van der Waals surface area contributed by atoms with Crippen molar-refractivity contribution in [3.63, 3.8) is 0 Å². The van der Waals surface area contributed by atoms with Gasteiger partial charge < -0.3 is 10.6 Å². The standard InChI is InChI=1S/C32H30N10/c1-21-31(41-39-29-17-9-11-19-33-29)22(2)36-27-15-7-8-16-28(27)38-24(4)32(42-40-30-18-10-12-20-34-30)23(3)37-26-14-6-5-13-25(26)35-21/h5-20,35,38H,1-4H3/b31-21+,32-24+,36-22?,37-23?,41-39?,42-40?. The first-order valence-electron chi connectivity index (χ1n) is 13.4. The lowest BCUT2D eigenvalue weighted by Gasteiger charge is -2.16. The van der Waals surface area contributed by atoms with Crippen molar-refractivity contribution in [2.45, 2.75) is 27.7 Å². The highest BCUT2D eigenvalue weighted by molar-refractivity contribution is 6.03. The number of allylic oxidation sites excluding steroid dienone is 4. The summed E-state index contributed by atoms with van der Waals surface area (Å²) in [6.45, 7) is 7.69. The predicted molar refractivity (Wildman–Crippen MR) is 169 cm³/mol. The molecule has 0 fully saturated rings. The second kappa shape index (κ2) is 13.1. The van der Waals surface area contributed by atoms with Crippen molar-refractivity contribution < 1.29 is 0 Å². The van der Waals surface area contributed by atoms with Crippen LogP contribution in [-0.2, 0) is 0 Å². The van der Waals surface area contributed by atoms with Crippen molar-refractivity contribution in [3.8, 4) is 0 Å². The summed E-state index contributed by atoms with van der Waals surface area (Å²) in [5.41, 5.74) is 7.02. The van der Waals surface area contributed by atoms with Gasteiger partial charge in [-0.25, -0.2) is 20.0 Å². The number of aromatic nitrogens is 2. The number of benzene rings is 2. The fourth-order valence-corrected chi connectivity index (χ4v) is 4.21. The second-order valence-corrected chi connectivity index (χ2v) is 9.40. The molecule has 0 atom stereocenters. The summed E-state index contributed by atoms with van der Waals surface area (Å²) >= 11 is 0. The number of nitrogens with zero attached hydrogens (tertiary/aromatic N) is 8. The van der Waals surface area contributed by atoms with Crippen molar-refractivity contribution in [1.82, 2.24) is 9.97 Å². The van der Waals surface area contributed by atoms with E-state index in [1.807, 2.05) is 100 Å². The fraction of sp³-hybridized carbons (Fsp3) is 0.125. The summed E-state index contributed by atoms with van der Waals surface area (Å²) < 4.78 is 0. The predicted octanol–water partition coefficient (Wildman–Crippen LogP) is 9.23. The van der Waals surface area contributed by atoms with Gasteiger partial charge in [-0.2, -0.15) is 0 Å². The molecule has 0 bridgehead atoms. The Morgan fingerprint density at radius 1 is 0.476 bits per heavy atom. The molecule has 1 aliphatic rings. The number of anilines is 2. The Kier molecular flexibility index (Phi) is 8.73. The molecule has 4 aromatic rings. The van der Waals surface area contributed by atoms with Crippen LogP contribution in [0.5, 0.6) is 0 Å². The summed E-state index contributed by atoms with van der Waals surface area (Å²) in [4.78, 5) is 18.5. The lowest BCUT2D eigenvalue weighted by molar-refractivity contribution is 1.10. The number of azo groups is 2. The molecule has 3 heterocycles. The normalized spacial score (nSPS) is 17.9. The van der Waals surface area contributed by atoms with Gasteiger partial charge in [0.25, 0.3) is 0 Å². The van der Waals surface area contributed by atoms with Gasteiger partial charge in [0.05, 0.1) is 34.2 Å². The fourth-order valence-electron chi connectivity index (χ4n) is 4.21. The van der Waals surface area contributed by atoms with E-state index in [-0.39, 0.29) is 0 Å². The molecule has 2 aromatic heterocycles. The number of para-hydroxylation sites is 4. The smallest absolute Gasteiger partial charge is 0.174 e. The zero-order valence-corrected chi connectivity index (χ0v) is 23.8. The van der Waals surface area contributed by atoms with Gasteiger partial charge in [0.2, 0.25) is 0 Å². The first-order chi connectivity index (χ1) is 20.5. The summed E-state index contributed by atoms with van der Waals surface area (Å²) in [5.74, 6) is 1.00. The molecule has 5 rings (SSSR count). The molecule has 0 radical (unpaired) electrons. The molecule has 0 unspecified atom stereocenters. The molecule has 0 spiro atoms. The molecule has 10 nitrogen and oxygen atoms in total. The van der Waals surface area contributed by atoms with E-state index in [2.05, 4.69) is 41.1 Å². The average molecular weight is 555 g/mol. The first-order valence-corrected chi connectivity index (χ1v) is 13.4. The van der Waals surface area contributed by atoms with Gasteiger partial charge in [-0.15, -0.1) is 20.5 Å². The largest absolute Gasteiger partial charge is 0.355 e. The Labute approximate surface area is 244 Å². The highest BCUT2D eigenvalue weighted by atomic mass is 15.2. The highest BCUT2D eigenvalue weighted by Crippen LogP contribution is 2.32. The van der Waals surface area contributed by atoms with Crippen LogP contribution < -0.4 is 10.6 Å². The SMILES string of the molecule is CC1=Nc2ccccc2N/C(C)=C(/N=Nc2ccccn2)C(C)=Nc2ccccc2N/C(C)=C\1N=Nc1ccccn1. The van der Waals surface area contributed by atoms with E-state index in [4.69, 9.17) is 9.98 Å². The number of fused-ring (bicyclic) bond motifs is 2. The van der Waals surface area contributed by atoms with E-state index in [1.165, 1.54) is 0 Å². The Morgan fingerprint density at radius 3 is 1.29 bits per heavy atom. The lowest BCUT2D eigenvalue weighted by atomic mass is 10.2. The van der Waals surface area contributed by atoms with E-state index < -0.39 is 0 Å². The van der Waals surface area contributed by atoms with Crippen LogP contribution in [0.15, 0.2) is 151 Å². The average Bonchev–Trinajstić information content (AvgIpc) is 3.00. The van der Waals surface area contributed by atoms with Crippen LogP contribution in [0.1, 0.15) is 27.7 Å². The second-order valence-electron chi connectivity index (χ2n) is 9.40. The van der Waals surface area contributed by atoms with E-state index in [1.54, 1.807) is 24.5 Å². The summed E-state index contributed by atoms with van der Waals surface area (Å²) in [6.07, 6.45) is 3.36. The van der Waals surface area contributed by atoms with E-state index in [0.717, 1.165) is 34.1 Å². The maximum absolute atomic E-state index is 4.96. The van der Waals surface area contributed by atoms with Gasteiger partial charge in [0.15, 0.2) is 11.6 Å². The van der Waals surface area contributed by atoms with Gasteiger partial charge in [0.1, 0.15) is 11.4 Å². The molecular formula is C32H30N10. The minimum absolute atomic E-state index is 0.501. The third-order valence-corrected chi connectivity index (χ3v) is 6.23. The molecule has 2 N–H and O–H groups in total. The van der Waals surface area contributed by atoms with Crippen LogP contribution in [0.25, 0.3) is 0 Å². The van der Waals surface area contributed by atoms with Gasteiger partial charge in [-0.1, -0.05) is 36.4 Å². The van der Waals surface area contributed by atoms with Crippen LogP contribution in [-0.4, -0.2) is 21.4 Å². The summed E-state index contributed by atoms with van der Waals surface area (Å²) in [6, 6.07) is 26.6. The topological polar surface area (TPSA) is 124 Å². The van der Waals surface area contributed by atoms with Crippen molar-refractivity contribution in [2.24, 2.45) is 30.4 Å². The number of hydrogen-bond acceptors (Lipinski definition) is 10. The van der Waals surface area contributed by atoms with Crippen LogP contribution in [0.4, 0.5) is 34.4 Å². The number of rotatable bonds is 4. The lowest BCUT2D eigenvalue weighted by Crippen LogP contribution is -2.08. The molecule has 1 aliphatic heterocycles. The first kappa shape index (κ1) is 27.9. The third-order valence-electron chi connectivity index (χ3n) is 6.23. The van der Waals surface area contributed by atoms with Crippen LogP contribution >= 0.6 is 0 Å². The maximum atomic E-state index is 4.96. The molecule has 0 amide bonds. The van der Waals surface area contributed by atoms with Gasteiger partial charge in [-0.05, 0) is 76.2 Å². The number of pyridine rings is 2. The van der Waals surface area contributed by atoms with Crippen molar-refractivity contribution in [1.29, 1.82) is 0 Å². The molecule has 0 aliphatic carbocycles. The van der Waals surface area contributed by atoms with Crippen molar-refractivity contribution in [3.05, 3.63) is 120 Å². The Balaban J connectivity index is 1.68. The quantitative estimate of drug-likeness (QED) is 0.244. The van der Waals surface area contributed by atoms with Crippen molar-refractivity contribution in [2.75, 3.05) is 10.6 Å². The molecule has 0 saturated heterocycles. The summed E-state index contributed by atoms with van der Waals surface area (Å²) in [7, 11) is 0. The molecule has 0 saturated carbocycles. The minimum Gasteiger partial charge on any atom is -0.355 e. The Morgan fingerprint density at radius 2 is 0.881 bits per heavy atom. The minimum atomic E-state index is 0.501. The maximum Gasteiger partial charge on any atom is 0.174 e.